The van der Waals surface area contributed by atoms with E-state index in [2.05, 4.69) is 24.0 Å². The number of hydrogen-bond acceptors (Lipinski definition) is 9. The van der Waals surface area contributed by atoms with Crippen molar-refractivity contribution in [3.63, 3.8) is 0 Å². The topological polar surface area (TPSA) is 151 Å². The Bertz CT molecular complexity index is 2770. The molecule has 0 saturated carbocycles. The van der Waals surface area contributed by atoms with Crippen molar-refractivity contribution in [3.05, 3.63) is 153 Å². The number of unbranched alkanes of at least 4 members (excludes halogenated alkanes) is 10. The first kappa shape index (κ1) is 62.6. The van der Waals surface area contributed by atoms with Gasteiger partial charge in [-0.2, -0.15) is 36.9 Å². The zero-order valence-corrected chi connectivity index (χ0v) is 46.7. The second-order valence-electron chi connectivity index (χ2n) is 20.1. The normalized spacial score (nSPS) is 16.1. The zero-order valence-electron chi connectivity index (χ0n) is 46.7. The molecule has 4 aromatic rings. The van der Waals surface area contributed by atoms with E-state index in [0.29, 0.717) is 35.1 Å². The number of alkyl halides is 6. The molecule has 4 amide bonds. The highest BCUT2D eigenvalue weighted by Gasteiger charge is 2.45. The Balaban J connectivity index is 0.989. The monoisotopic (exact) mass is 1120 g/mol. The largest absolute Gasteiger partial charge is 0.463 e. The first-order valence-electron chi connectivity index (χ1n) is 27.8. The van der Waals surface area contributed by atoms with Crippen molar-refractivity contribution >= 4 is 35.4 Å². The minimum atomic E-state index is -4.67. The molecule has 0 saturated heterocycles. The van der Waals surface area contributed by atoms with Crippen LogP contribution in [0.15, 0.2) is 120 Å². The molecule has 0 spiro atoms. The van der Waals surface area contributed by atoms with Crippen LogP contribution in [0.1, 0.15) is 157 Å². The molecule has 0 unspecified atom stereocenters. The number of anilines is 2. The summed E-state index contributed by atoms with van der Waals surface area (Å²) in [6.45, 7) is 11.7. The summed E-state index contributed by atoms with van der Waals surface area (Å²) in [4.78, 5) is 64.2. The van der Waals surface area contributed by atoms with E-state index in [9.17, 15) is 56.0 Å². The van der Waals surface area contributed by atoms with Crippen LogP contribution in [0.4, 0.5) is 47.3 Å². The Kier molecular flexibility index (Phi) is 22.5. The number of carbonyl (C=O) groups is 4. The third-order valence-electron chi connectivity index (χ3n) is 14.8. The summed E-state index contributed by atoms with van der Waals surface area (Å²) in [5.41, 5.74) is 0.487. The number of urea groups is 2. The number of esters is 2. The van der Waals surface area contributed by atoms with Crippen molar-refractivity contribution in [2.45, 2.75) is 136 Å². The Labute approximate surface area is 471 Å². The Morgan fingerprint density at radius 3 is 1.20 bits per heavy atom. The molecule has 0 aliphatic carbocycles. The number of allylic oxidation sites excluding steroid dienone is 2. The molecule has 0 N–H and O–H groups in total. The van der Waals surface area contributed by atoms with Crippen LogP contribution in [0.2, 0.25) is 0 Å². The molecule has 13 nitrogen and oxygen atoms in total. The lowest BCUT2D eigenvalue weighted by Crippen LogP contribution is -2.51. The van der Waals surface area contributed by atoms with Crippen LogP contribution in [0.5, 0.6) is 0 Å². The molecule has 0 bridgehead atoms. The molecule has 2 atom stereocenters. The molecule has 0 radical (unpaired) electrons. The van der Waals surface area contributed by atoms with Gasteiger partial charge in [-0.25, -0.2) is 19.2 Å². The smallest absolute Gasteiger partial charge is 0.416 e. The van der Waals surface area contributed by atoms with Gasteiger partial charge in [-0.3, -0.25) is 9.80 Å². The summed E-state index contributed by atoms with van der Waals surface area (Å²) in [6.07, 6.45) is 0.963. The lowest BCUT2D eigenvalue weighted by Gasteiger charge is -2.43. The summed E-state index contributed by atoms with van der Waals surface area (Å²) < 4.78 is 94.2. The van der Waals surface area contributed by atoms with Gasteiger partial charge in [-0.1, -0.05) is 94.7 Å². The number of benzene rings is 4. The summed E-state index contributed by atoms with van der Waals surface area (Å²) in [5, 5.41) is 19.0. The fourth-order valence-corrected chi connectivity index (χ4v) is 10.6. The van der Waals surface area contributed by atoms with Gasteiger partial charge in [-0.15, -0.1) is 0 Å². The van der Waals surface area contributed by atoms with Crippen molar-refractivity contribution in [1.29, 1.82) is 10.5 Å². The fraction of sp³-hybridized carbons (Fsp3) is 0.452. The molecule has 4 aromatic carbocycles. The number of nitrogens with zero attached hydrogens (tertiary/aromatic N) is 7. The summed E-state index contributed by atoms with van der Waals surface area (Å²) in [5.74, 6) is -1.40. The lowest BCUT2D eigenvalue weighted by molar-refractivity contribution is -0.140. The molecule has 0 fully saturated rings. The number of rotatable bonds is 27. The number of ether oxygens (including phenoxy) is 2. The van der Waals surface area contributed by atoms with Crippen LogP contribution in [-0.4, -0.2) is 84.6 Å². The molecular formula is C62H71F6N7O6. The van der Waals surface area contributed by atoms with Crippen LogP contribution in [0.25, 0.3) is 0 Å². The van der Waals surface area contributed by atoms with E-state index in [1.54, 1.807) is 62.4 Å². The van der Waals surface area contributed by atoms with Crippen molar-refractivity contribution in [3.8, 4) is 12.1 Å². The van der Waals surface area contributed by atoms with Gasteiger partial charge in [0.15, 0.2) is 0 Å². The van der Waals surface area contributed by atoms with Crippen LogP contribution in [-0.2, 0) is 31.4 Å². The van der Waals surface area contributed by atoms with Crippen LogP contribution >= 0.6 is 0 Å². The van der Waals surface area contributed by atoms with Crippen molar-refractivity contribution in [2.75, 3.05) is 55.7 Å². The molecule has 2 aliphatic heterocycles. The van der Waals surface area contributed by atoms with Gasteiger partial charge in [0.05, 0.1) is 82.2 Å². The molecule has 19 heteroatoms. The predicted molar refractivity (Wildman–Crippen MR) is 296 cm³/mol. The van der Waals surface area contributed by atoms with Gasteiger partial charge >= 0.3 is 36.4 Å². The third kappa shape index (κ3) is 15.8. The highest BCUT2D eigenvalue weighted by Crippen LogP contribution is 2.44. The Morgan fingerprint density at radius 2 is 0.877 bits per heavy atom. The lowest BCUT2D eigenvalue weighted by atomic mass is 9.91. The van der Waals surface area contributed by atoms with Crippen LogP contribution in [0, 0.1) is 22.7 Å². The van der Waals surface area contributed by atoms with Gasteiger partial charge in [-0.05, 0) is 145 Å². The highest BCUT2D eigenvalue weighted by molar-refractivity contribution is 6.04. The first-order chi connectivity index (χ1) is 38.8. The number of carbonyl (C=O) groups excluding carboxylic acids is 4. The van der Waals surface area contributed by atoms with Crippen molar-refractivity contribution in [1.82, 2.24) is 14.7 Å². The maximum atomic E-state index is 14.5. The zero-order chi connectivity index (χ0) is 58.9. The average molecular weight is 1120 g/mol. The third-order valence-corrected chi connectivity index (χ3v) is 14.8. The first-order valence-corrected chi connectivity index (χ1v) is 27.8. The molecule has 6 rings (SSSR count). The Morgan fingerprint density at radius 1 is 0.531 bits per heavy atom. The standard InChI is InChI=1S/C62H71F6N7O6/c1-6-71(35-17-13-9-11-15-19-37-72-55(47-31-27-45(41-69)28-32-47)53(57(76)80-7-2)43(4)74(59(72)78)51-25-21-23-49(39-51)61(63,64)65)36-18-14-10-12-16-20-38-73-56(48-33-29-46(42-70)30-34-48)54(58(77)81-8-3)44(5)75(60(73)79)52-26-22-24-50(40-52)62(66,67)68/h21-34,39-40,55-56H,6-20,35-38H2,1-5H3/t55-,56-/m1/s1. The highest BCUT2D eigenvalue weighted by atomic mass is 19.4. The van der Waals surface area contributed by atoms with E-state index in [1.165, 1.54) is 47.9 Å². The number of amides is 4. The van der Waals surface area contributed by atoms with Gasteiger partial charge in [0.2, 0.25) is 0 Å². The number of nitriles is 2. The van der Waals surface area contributed by atoms with E-state index in [-0.39, 0.29) is 60.2 Å². The summed E-state index contributed by atoms with van der Waals surface area (Å²) in [7, 11) is 0. The molecular weight excluding hydrogens is 1050 g/mol. The molecule has 2 heterocycles. The SMILES string of the molecule is CCOC(=O)C1=C(C)N(c2cccc(C(F)(F)F)c2)C(=O)N(CCCCCCCCN(CC)CCCCCCCCN2C(=O)N(c3cccc(C(F)(F)F)c3)C(C)=C(C(=O)OCC)[C@H]2c2ccc(C#N)cc2)[C@@H]1c1ccc(C#N)cc1. The van der Waals surface area contributed by atoms with E-state index < -0.39 is 59.6 Å². The Hall–Kier alpha value is -7.64. The molecule has 0 aromatic heterocycles. The van der Waals surface area contributed by atoms with Gasteiger partial charge in [0.25, 0.3) is 0 Å². The van der Waals surface area contributed by atoms with Gasteiger partial charge in [0.1, 0.15) is 0 Å². The van der Waals surface area contributed by atoms with E-state index in [1.807, 2.05) is 0 Å². The average Bonchev–Trinajstić information content (AvgIpc) is 3.55. The molecule has 81 heavy (non-hydrogen) atoms. The predicted octanol–water partition coefficient (Wildman–Crippen LogP) is 14.8. The van der Waals surface area contributed by atoms with E-state index in [0.717, 1.165) is 118 Å². The van der Waals surface area contributed by atoms with Gasteiger partial charge < -0.3 is 24.2 Å². The van der Waals surface area contributed by atoms with Gasteiger partial charge in [0, 0.05) is 24.5 Å². The van der Waals surface area contributed by atoms with Crippen LogP contribution in [0.3, 0.4) is 0 Å². The maximum Gasteiger partial charge on any atom is 0.416 e. The van der Waals surface area contributed by atoms with Crippen molar-refractivity contribution in [2.24, 2.45) is 0 Å². The molecule has 432 valence electrons. The second kappa shape index (κ2) is 29.2. The molecule has 2 aliphatic rings. The van der Waals surface area contributed by atoms with E-state index in [4.69, 9.17) is 9.47 Å². The minimum absolute atomic E-state index is 0.0336. The minimum Gasteiger partial charge on any atom is -0.463 e. The van der Waals surface area contributed by atoms with E-state index >= 15 is 0 Å². The second-order valence-corrected chi connectivity index (χ2v) is 20.1. The van der Waals surface area contributed by atoms with Crippen molar-refractivity contribution < 1.29 is 55.0 Å². The maximum absolute atomic E-state index is 14.5. The summed E-state index contributed by atoms with van der Waals surface area (Å²) in [6, 6.07) is 23.1. The van der Waals surface area contributed by atoms with Crippen LogP contribution < -0.4 is 9.80 Å². The number of halogens is 6. The number of hydrogen-bond donors (Lipinski definition) is 0. The summed E-state index contributed by atoms with van der Waals surface area (Å²) >= 11 is 0. The quantitative estimate of drug-likeness (QED) is 0.0323. The fourth-order valence-electron chi connectivity index (χ4n) is 10.6.